The lowest BCUT2D eigenvalue weighted by molar-refractivity contribution is -0.114. The average molecular weight is 594 g/mol. The van der Waals surface area contributed by atoms with Crippen molar-refractivity contribution in [1.29, 1.82) is 0 Å². The van der Waals surface area contributed by atoms with Crippen LogP contribution < -0.4 is 15.8 Å². The molecule has 5 aromatic rings. The fraction of sp³-hybridized carbons (Fsp3) is 0.152. The van der Waals surface area contributed by atoms with Crippen molar-refractivity contribution in [3.05, 3.63) is 90.4 Å². The number of halogens is 2. The van der Waals surface area contributed by atoms with Gasteiger partial charge in [-0.1, -0.05) is 36.6 Å². The van der Waals surface area contributed by atoms with Gasteiger partial charge in [-0.05, 0) is 62.5 Å². The molecular formula is C33H29F2N7O2. The normalized spacial score (nSPS) is 10.9. The maximum Gasteiger partial charge on any atom is 0.322 e. The Morgan fingerprint density at radius 1 is 1.14 bits per heavy atom. The molecule has 3 N–H and O–H groups in total. The summed E-state index contributed by atoms with van der Waals surface area (Å²) in [6.07, 6.45) is 3.15. The van der Waals surface area contributed by atoms with Crippen molar-refractivity contribution in [1.82, 2.24) is 24.4 Å². The molecule has 0 spiro atoms. The van der Waals surface area contributed by atoms with E-state index >= 15 is 4.39 Å². The first kappa shape index (κ1) is 29.9. The second-order valence-corrected chi connectivity index (χ2v) is 10.3. The minimum atomic E-state index is -1.10. The number of benzene rings is 2. The SMILES string of the molecule is C=C(F)C(=O)Nc1ccc(-c2c(-c3ccc(Oc4nccc(C)n4)c(F)c3)c3c(N)ncc(C#CCN(C)C)c3n2C)cc1. The fourth-order valence-corrected chi connectivity index (χ4v) is 4.73. The van der Waals surface area contributed by atoms with E-state index in [-0.39, 0.29) is 17.6 Å². The van der Waals surface area contributed by atoms with Gasteiger partial charge in [0.15, 0.2) is 17.4 Å². The maximum absolute atomic E-state index is 15.6. The van der Waals surface area contributed by atoms with Crippen LogP contribution in [0.25, 0.3) is 33.3 Å². The molecule has 9 nitrogen and oxygen atoms in total. The summed E-state index contributed by atoms with van der Waals surface area (Å²) in [5.41, 5.74) is 11.4. The number of aryl methyl sites for hydroxylation is 2. The third-order valence-electron chi connectivity index (χ3n) is 6.71. The molecule has 5 rings (SSSR count). The summed E-state index contributed by atoms with van der Waals surface area (Å²) in [6.45, 7) is 5.34. The summed E-state index contributed by atoms with van der Waals surface area (Å²) in [6, 6.07) is 13.1. The molecule has 0 aliphatic rings. The van der Waals surface area contributed by atoms with Crippen LogP contribution >= 0.6 is 0 Å². The first-order valence-corrected chi connectivity index (χ1v) is 13.5. The summed E-state index contributed by atoms with van der Waals surface area (Å²) in [5.74, 6) is 3.87. The number of carbonyl (C=O) groups is 1. The predicted molar refractivity (Wildman–Crippen MR) is 167 cm³/mol. The number of pyridine rings is 1. The van der Waals surface area contributed by atoms with E-state index in [9.17, 15) is 9.18 Å². The molecule has 0 fully saturated rings. The number of amides is 1. The van der Waals surface area contributed by atoms with E-state index in [1.54, 1.807) is 49.5 Å². The number of nitrogen functional groups attached to an aromatic ring is 1. The van der Waals surface area contributed by atoms with Crippen molar-refractivity contribution < 1.29 is 18.3 Å². The molecule has 44 heavy (non-hydrogen) atoms. The van der Waals surface area contributed by atoms with Crippen LogP contribution in [-0.2, 0) is 11.8 Å². The molecule has 0 aliphatic carbocycles. The number of fused-ring (bicyclic) bond motifs is 1. The van der Waals surface area contributed by atoms with Gasteiger partial charge in [0.2, 0.25) is 0 Å². The molecule has 0 radical (unpaired) electrons. The number of aromatic nitrogens is 4. The number of nitrogens with two attached hydrogens (primary N) is 1. The molecule has 222 valence electrons. The zero-order valence-electron chi connectivity index (χ0n) is 24.6. The largest absolute Gasteiger partial charge is 0.421 e. The zero-order valence-corrected chi connectivity index (χ0v) is 24.6. The second-order valence-electron chi connectivity index (χ2n) is 10.3. The Balaban J connectivity index is 1.69. The molecule has 0 aliphatic heterocycles. The quantitative estimate of drug-likeness (QED) is 0.180. The zero-order chi connectivity index (χ0) is 31.5. The number of anilines is 2. The first-order chi connectivity index (χ1) is 21.0. The van der Waals surface area contributed by atoms with Crippen LogP contribution in [0, 0.1) is 24.6 Å². The standard InChI is InChI=1S/C33H29F2N7O2/c1-19-14-15-37-33(39-19)44-26-13-10-22(17-25(26)35)27-28-30(23(18-38-31(28)36)7-6-16-41(3)4)42(5)29(27)21-8-11-24(12-9-21)40-32(43)20(2)34/h8-15,17-18H,2,16H2,1,3-5H3,(H2,36,38)(H,40,43). The Hall–Kier alpha value is -5.60. The van der Waals surface area contributed by atoms with Crippen molar-refractivity contribution in [2.75, 3.05) is 31.7 Å². The minimum Gasteiger partial charge on any atom is -0.421 e. The lowest BCUT2D eigenvalue weighted by atomic mass is 9.97. The molecule has 0 bridgehead atoms. The Bertz CT molecular complexity index is 1970. The highest BCUT2D eigenvalue weighted by atomic mass is 19.1. The highest BCUT2D eigenvalue weighted by Crippen LogP contribution is 2.44. The van der Waals surface area contributed by atoms with Crippen molar-refractivity contribution in [3.8, 4) is 46.0 Å². The average Bonchev–Trinajstić information content (AvgIpc) is 3.29. The van der Waals surface area contributed by atoms with Gasteiger partial charge in [0.1, 0.15) is 5.82 Å². The van der Waals surface area contributed by atoms with Gasteiger partial charge in [-0.25, -0.2) is 23.7 Å². The maximum atomic E-state index is 15.6. The third-order valence-corrected chi connectivity index (χ3v) is 6.71. The third kappa shape index (κ3) is 6.11. The Labute approximate surface area is 253 Å². The number of carbonyl (C=O) groups excluding carboxylic acids is 1. The molecule has 1 amide bonds. The van der Waals surface area contributed by atoms with Crippen LogP contribution in [0.15, 0.2) is 73.3 Å². The van der Waals surface area contributed by atoms with E-state index in [0.717, 1.165) is 5.56 Å². The van der Waals surface area contributed by atoms with Gasteiger partial charge in [0, 0.05) is 36.4 Å². The fourth-order valence-electron chi connectivity index (χ4n) is 4.73. The molecule has 2 aromatic carbocycles. The van der Waals surface area contributed by atoms with Gasteiger partial charge >= 0.3 is 6.01 Å². The lowest BCUT2D eigenvalue weighted by Gasteiger charge is -2.12. The summed E-state index contributed by atoms with van der Waals surface area (Å²) < 4.78 is 36.4. The highest BCUT2D eigenvalue weighted by molar-refractivity contribution is 6.11. The summed E-state index contributed by atoms with van der Waals surface area (Å²) in [7, 11) is 5.71. The predicted octanol–water partition coefficient (Wildman–Crippen LogP) is 5.85. The lowest BCUT2D eigenvalue weighted by Crippen LogP contribution is -2.11. The molecule has 0 unspecified atom stereocenters. The molecule has 0 saturated heterocycles. The van der Waals surface area contributed by atoms with Crippen LogP contribution in [0.1, 0.15) is 11.3 Å². The topological polar surface area (TPSA) is 111 Å². The van der Waals surface area contributed by atoms with Crippen molar-refractivity contribution in [2.45, 2.75) is 6.92 Å². The monoisotopic (exact) mass is 593 g/mol. The van der Waals surface area contributed by atoms with Gasteiger partial charge < -0.3 is 20.4 Å². The van der Waals surface area contributed by atoms with Crippen molar-refractivity contribution in [2.24, 2.45) is 7.05 Å². The summed E-state index contributed by atoms with van der Waals surface area (Å²) >= 11 is 0. The first-order valence-electron chi connectivity index (χ1n) is 13.5. The van der Waals surface area contributed by atoms with E-state index < -0.39 is 17.6 Å². The van der Waals surface area contributed by atoms with E-state index in [4.69, 9.17) is 10.5 Å². The van der Waals surface area contributed by atoms with Gasteiger partial charge in [-0.3, -0.25) is 9.69 Å². The molecule has 0 saturated carbocycles. The molecule has 0 atom stereocenters. The second kappa shape index (κ2) is 12.3. The van der Waals surface area contributed by atoms with Crippen LogP contribution in [0.2, 0.25) is 0 Å². The van der Waals surface area contributed by atoms with Gasteiger partial charge in [-0.2, -0.15) is 0 Å². The molecule has 3 heterocycles. The van der Waals surface area contributed by atoms with Crippen LogP contribution in [0.5, 0.6) is 11.8 Å². The Morgan fingerprint density at radius 3 is 2.52 bits per heavy atom. The van der Waals surface area contributed by atoms with Crippen molar-refractivity contribution >= 4 is 28.3 Å². The van der Waals surface area contributed by atoms with Gasteiger partial charge in [0.25, 0.3) is 5.91 Å². The number of ether oxygens (including phenoxy) is 1. The van der Waals surface area contributed by atoms with Gasteiger partial charge in [0.05, 0.1) is 28.7 Å². The van der Waals surface area contributed by atoms with Crippen LogP contribution in [0.4, 0.5) is 20.3 Å². The van der Waals surface area contributed by atoms with Crippen LogP contribution in [-0.4, -0.2) is 51.0 Å². The Kier molecular flexibility index (Phi) is 8.37. The number of nitrogens with zero attached hydrogens (tertiary/aromatic N) is 5. The minimum absolute atomic E-state index is 0.0281. The molecular weight excluding hydrogens is 564 g/mol. The number of hydrogen-bond acceptors (Lipinski definition) is 7. The highest BCUT2D eigenvalue weighted by Gasteiger charge is 2.24. The molecule has 3 aromatic heterocycles. The number of nitrogens with one attached hydrogen (secondary N) is 1. The Morgan fingerprint density at radius 2 is 1.86 bits per heavy atom. The van der Waals surface area contributed by atoms with Crippen molar-refractivity contribution in [3.63, 3.8) is 0 Å². The van der Waals surface area contributed by atoms with Crippen LogP contribution in [0.3, 0.4) is 0 Å². The van der Waals surface area contributed by atoms with E-state index in [1.807, 2.05) is 30.6 Å². The van der Waals surface area contributed by atoms with E-state index in [0.29, 0.717) is 51.2 Å². The summed E-state index contributed by atoms with van der Waals surface area (Å²) in [5, 5.41) is 3.05. The number of rotatable bonds is 7. The summed E-state index contributed by atoms with van der Waals surface area (Å²) in [4.78, 5) is 26.4. The van der Waals surface area contributed by atoms with E-state index in [2.05, 4.69) is 38.7 Å². The smallest absolute Gasteiger partial charge is 0.322 e. The van der Waals surface area contributed by atoms with E-state index in [1.165, 1.54) is 18.3 Å². The van der Waals surface area contributed by atoms with Gasteiger partial charge in [-0.15, -0.1) is 0 Å². The molecule has 11 heteroatoms. The number of hydrogen-bond donors (Lipinski definition) is 2.